The zero-order valence-corrected chi connectivity index (χ0v) is 37.9. The Kier molecular flexibility index (Phi) is 10.3. The molecule has 0 saturated carbocycles. The van der Waals surface area contributed by atoms with Crippen molar-refractivity contribution < 1.29 is 0 Å². The van der Waals surface area contributed by atoms with Gasteiger partial charge in [-0.25, -0.2) is 0 Å². The standard InChI is InChI=1S/C62H56N2/c1-8-9-26-50(43(3)63(46-22-12-10-13-23-46)48-36-38-53-51-27-16-18-29-55(51)61(4,5)57(53)40-48)44-32-34-45(35-33-44)60-42(2)21-20-31-59(60)64(47-24-14-11-15-25-47)49-37-39-54-52-28-17-19-30-56(52)62(6,7)58(54)41-49/h8-20,22-42H,1,21H2,2-7H3/b26-9-,50-43-. The van der Waals surface area contributed by atoms with E-state index in [1.165, 1.54) is 67.0 Å². The molecule has 2 heteroatoms. The summed E-state index contributed by atoms with van der Waals surface area (Å²) < 4.78 is 0. The average Bonchev–Trinajstić information content (AvgIpc) is 3.69. The predicted octanol–water partition coefficient (Wildman–Crippen LogP) is 16.8. The van der Waals surface area contributed by atoms with Crippen LogP contribution in [0.3, 0.4) is 0 Å². The third-order valence-corrected chi connectivity index (χ3v) is 14.1. The summed E-state index contributed by atoms with van der Waals surface area (Å²) in [6.07, 6.45) is 11.8. The lowest BCUT2D eigenvalue weighted by Gasteiger charge is -2.34. The molecule has 3 aliphatic rings. The number of rotatable bonds is 10. The highest BCUT2D eigenvalue weighted by atomic mass is 15.2. The first-order valence-electron chi connectivity index (χ1n) is 22.8. The molecule has 7 aromatic rings. The summed E-state index contributed by atoms with van der Waals surface area (Å²) >= 11 is 0. The Morgan fingerprint density at radius 1 is 0.562 bits per heavy atom. The van der Waals surface area contributed by atoms with Crippen LogP contribution < -0.4 is 9.80 Å². The number of nitrogens with zero attached hydrogens (tertiary/aromatic N) is 2. The third kappa shape index (κ3) is 6.81. The minimum absolute atomic E-state index is 0.102. The van der Waals surface area contributed by atoms with Gasteiger partial charge < -0.3 is 9.80 Å². The molecule has 0 saturated heterocycles. The second-order valence-electron chi connectivity index (χ2n) is 18.7. The van der Waals surface area contributed by atoms with Crippen LogP contribution in [0.15, 0.2) is 218 Å². The van der Waals surface area contributed by atoms with Gasteiger partial charge in [0.15, 0.2) is 0 Å². The van der Waals surface area contributed by atoms with Crippen LogP contribution in [-0.4, -0.2) is 0 Å². The summed E-state index contributed by atoms with van der Waals surface area (Å²) in [5.74, 6) is 0.313. The summed E-state index contributed by atoms with van der Waals surface area (Å²) in [7, 11) is 0. The lowest BCUT2D eigenvalue weighted by molar-refractivity contribution is 0.660. The summed E-state index contributed by atoms with van der Waals surface area (Å²) in [6.45, 7) is 18.1. The molecule has 0 aliphatic heterocycles. The Hall–Kier alpha value is -7.16. The van der Waals surface area contributed by atoms with E-state index >= 15 is 0 Å². The van der Waals surface area contributed by atoms with Crippen LogP contribution in [-0.2, 0) is 10.8 Å². The molecular formula is C62H56N2. The van der Waals surface area contributed by atoms with Crippen molar-refractivity contribution in [3.63, 3.8) is 0 Å². The fourth-order valence-corrected chi connectivity index (χ4v) is 10.8. The predicted molar refractivity (Wildman–Crippen MR) is 273 cm³/mol. The highest BCUT2D eigenvalue weighted by molar-refractivity contribution is 5.90. The van der Waals surface area contributed by atoms with Crippen LogP contribution >= 0.6 is 0 Å². The van der Waals surface area contributed by atoms with Crippen molar-refractivity contribution in [2.24, 2.45) is 5.92 Å². The molecule has 0 spiro atoms. The van der Waals surface area contributed by atoms with E-state index in [0.717, 1.165) is 40.3 Å². The van der Waals surface area contributed by atoms with E-state index in [4.69, 9.17) is 0 Å². The number of para-hydroxylation sites is 2. The van der Waals surface area contributed by atoms with Crippen molar-refractivity contribution >= 4 is 33.9 Å². The second kappa shape index (κ2) is 16.2. The molecule has 0 amide bonds. The molecule has 1 unspecified atom stereocenters. The SMILES string of the molecule is C=C/C=C\C(=C(/C)N(c1ccccc1)c1ccc2c(c1)C(C)(C)c1ccccc1-2)c1ccc(C2=C(N(c3ccccc3)c3ccc4c(c3)C(C)(C)c3ccccc3-4)C=CCC2C)cc1. The monoisotopic (exact) mass is 828 g/mol. The number of benzene rings is 7. The zero-order valence-electron chi connectivity index (χ0n) is 37.9. The smallest absolute Gasteiger partial charge is 0.0499 e. The highest BCUT2D eigenvalue weighted by Crippen LogP contribution is 2.52. The van der Waals surface area contributed by atoms with Crippen LogP contribution in [0.5, 0.6) is 0 Å². The van der Waals surface area contributed by atoms with E-state index < -0.39 is 0 Å². The van der Waals surface area contributed by atoms with Gasteiger partial charge in [-0.2, -0.15) is 0 Å². The van der Waals surface area contributed by atoms with Gasteiger partial charge in [0.1, 0.15) is 0 Å². The van der Waals surface area contributed by atoms with E-state index in [-0.39, 0.29) is 10.8 Å². The summed E-state index contributed by atoms with van der Waals surface area (Å²) in [6, 6.07) is 62.8. The van der Waals surface area contributed by atoms with Gasteiger partial charge in [0.25, 0.3) is 0 Å². The Bertz CT molecular complexity index is 3050. The normalized spacial score (nSPS) is 16.8. The molecular weight excluding hydrogens is 773 g/mol. The Balaban J connectivity index is 1.09. The number of fused-ring (bicyclic) bond motifs is 6. The highest BCUT2D eigenvalue weighted by Gasteiger charge is 2.37. The molecule has 0 bridgehead atoms. The maximum Gasteiger partial charge on any atom is 0.0499 e. The van der Waals surface area contributed by atoms with Crippen LogP contribution in [0.2, 0.25) is 0 Å². The summed E-state index contributed by atoms with van der Waals surface area (Å²) in [5.41, 5.74) is 22.4. The minimum Gasteiger partial charge on any atom is -0.314 e. The van der Waals surface area contributed by atoms with Crippen LogP contribution in [0.25, 0.3) is 33.4 Å². The van der Waals surface area contributed by atoms with Gasteiger partial charge in [0.05, 0.1) is 0 Å². The Morgan fingerprint density at radius 2 is 1.08 bits per heavy atom. The van der Waals surface area contributed by atoms with Crippen LogP contribution in [0.1, 0.15) is 81.3 Å². The van der Waals surface area contributed by atoms with Gasteiger partial charge in [0, 0.05) is 50.5 Å². The minimum atomic E-state index is -0.110. The quantitative estimate of drug-likeness (QED) is 0.127. The van der Waals surface area contributed by atoms with E-state index in [2.05, 4.69) is 252 Å². The van der Waals surface area contributed by atoms with Gasteiger partial charge in [-0.3, -0.25) is 0 Å². The molecule has 64 heavy (non-hydrogen) atoms. The third-order valence-electron chi connectivity index (χ3n) is 14.1. The number of anilines is 4. The molecule has 0 N–H and O–H groups in total. The maximum absolute atomic E-state index is 4.08. The average molecular weight is 829 g/mol. The molecule has 0 fully saturated rings. The largest absolute Gasteiger partial charge is 0.314 e. The first-order chi connectivity index (χ1) is 31.1. The van der Waals surface area contributed by atoms with Gasteiger partial charge in [-0.05, 0) is 135 Å². The molecule has 314 valence electrons. The number of allylic oxidation sites excluding steroid dienone is 8. The first-order valence-corrected chi connectivity index (χ1v) is 22.8. The van der Waals surface area contributed by atoms with E-state index in [1.54, 1.807) is 0 Å². The second-order valence-corrected chi connectivity index (χ2v) is 18.7. The van der Waals surface area contributed by atoms with E-state index in [0.29, 0.717) is 5.92 Å². The van der Waals surface area contributed by atoms with Gasteiger partial charge in [-0.15, -0.1) is 0 Å². The van der Waals surface area contributed by atoms with Gasteiger partial charge >= 0.3 is 0 Å². The topological polar surface area (TPSA) is 6.48 Å². The first kappa shape index (κ1) is 40.9. The molecule has 7 aromatic carbocycles. The molecule has 3 aliphatic carbocycles. The summed E-state index contributed by atoms with van der Waals surface area (Å²) in [5, 5.41) is 0. The Morgan fingerprint density at radius 3 is 1.67 bits per heavy atom. The van der Waals surface area contributed by atoms with E-state index in [9.17, 15) is 0 Å². The van der Waals surface area contributed by atoms with Crippen molar-refractivity contribution in [2.75, 3.05) is 9.80 Å². The van der Waals surface area contributed by atoms with Crippen molar-refractivity contribution in [1.82, 2.24) is 0 Å². The molecule has 2 nitrogen and oxygen atoms in total. The van der Waals surface area contributed by atoms with E-state index in [1.807, 2.05) is 6.08 Å². The van der Waals surface area contributed by atoms with Crippen molar-refractivity contribution in [1.29, 1.82) is 0 Å². The molecule has 10 rings (SSSR count). The molecule has 0 aromatic heterocycles. The van der Waals surface area contributed by atoms with Crippen LogP contribution in [0.4, 0.5) is 22.7 Å². The Labute approximate surface area is 380 Å². The number of hydrogen-bond acceptors (Lipinski definition) is 2. The lowest BCUT2D eigenvalue weighted by Crippen LogP contribution is -2.22. The molecule has 0 radical (unpaired) electrons. The number of hydrogen-bond donors (Lipinski definition) is 0. The van der Waals surface area contributed by atoms with Crippen molar-refractivity contribution in [2.45, 2.75) is 58.8 Å². The maximum atomic E-state index is 4.08. The summed E-state index contributed by atoms with van der Waals surface area (Å²) in [4.78, 5) is 4.89. The van der Waals surface area contributed by atoms with Crippen molar-refractivity contribution in [3.05, 3.63) is 252 Å². The van der Waals surface area contributed by atoms with Crippen molar-refractivity contribution in [3.8, 4) is 22.3 Å². The molecule has 0 heterocycles. The van der Waals surface area contributed by atoms with Crippen LogP contribution in [0, 0.1) is 5.92 Å². The fourth-order valence-electron chi connectivity index (χ4n) is 10.8. The van der Waals surface area contributed by atoms with Gasteiger partial charge in [-0.1, -0.05) is 187 Å². The molecule has 1 atom stereocenters. The lowest BCUT2D eigenvalue weighted by atomic mass is 9.82. The zero-order chi connectivity index (χ0) is 44.2. The fraction of sp³-hybridized carbons (Fsp3) is 0.161. The van der Waals surface area contributed by atoms with Gasteiger partial charge in [0.2, 0.25) is 0 Å².